The number of likely N-dealkylation sites (N-methyl/N-ethyl adjacent to an activating group) is 1. The van der Waals surface area contributed by atoms with Crippen LogP contribution in [0, 0.1) is 17.0 Å². The number of amides is 2. The molecular weight excluding hydrogens is 372 g/mol. The van der Waals surface area contributed by atoms with Gasteiger partial charge < -0.3 is 10.6 Å². The summed E-state index contributed by atoms with van der Waals surface area (Å²) in [6, 6.07) is 13.1. The van der Waals surface area contributed by atoms with Gasteiger partial charge in [0.25, 0.3) is 5.69 Å². The molecule has 1 aliphatic carbocycles. The third-order valence-corrected chi connectivity index (χ3v) is 4.75. The zero-order valence-corrected chi connectivity index (χ0v) is 16.4. The van der Waals surface area contributed by atoms with Crippen molar-refractivity contribution >= 4 is 23.2 Å². The zero-order valence-electron chi connectivity index (χ0n) is 16.4. The van der Waals surface area contributed by atoms with Gasteiger partial charge >= 0.3 is 0 Å². The number of rotatable bonds is 8. The van der Waals surface area contributed by atoms with Crippen molar-refractivity contribution in [3.8, 4) is 0 Å². The summed E-state index contributed by atoms with van der Waals surface area (Å²) in [6.45, 7) is 1.79. The summed E-state index contributed by atoms with van der Waals surface area (Å²) in [5.41, 5.74) is 1.38. The van der Waals surface area contributed by atoms with Crippen LogP contribution in [0.2, 0.25) is 0 Å². The molecule has 0 aromatic heterocycles. The lowest BCUT2D eigenvalue weighted by Gasteiger charge is -2.27. The Morgan fingerprint density at radius 3 is 2.52 bits per heavy atom. The highest BCUT2D eigenvalue weighted by molar-refractivity contribution is 5.97. The van der Waals surface area contributed by atoms with Gasteiger partial charge in [0.1, 0.15) is 11.7 Å². The van der Waals surface area contributed by atoms with Gasteiger partial charge in [-0.15, -0.1) is 0 Å². The molecule has 152 valence electrons. The number of aryl methyl sites for hydroxylation is 1. The van der Waals surface area contributed by atoms with Crippen LogP contribution in [0.25, 0.3) is 0 Å². The van der Waals surface area contributed by atoms with Crippen molar-refractivity contribution in [3.63, 3.8) is 0 Å². The first-order valence-corrected chi connectivity index (χ1v) is 9.45. The van der Waals surface area contributed by atoms with E-state index in [1.807, 2.05) is 18.2 Å². The molecule has 2 amide bonds. The molecule has 3 rings (SSSR count). The molecule has 0 heterocycles. The predicted octanol–water partition coefficient (Wildman–Crippen LogP) is 2.79. The lowest BCUT2D eigenvalue weighted by Crippen LogP contribution is -2.41. The van der Waals surface area contributed by atoms with Crippen molar-refractivity contribution in [2.75, 3.05) is 18.9 Å². The standard InChI is InChI=1S/C21H24N4O4/c1-14-8-11-17(18(12-14)25(28)29)23-21(27)20(15-6-4-3-5-7-15)24(2)13-19(26)22-16-9-10-16/h3-8,11-12,16,20H,9-10,13H2,1-2H3,(H,22,26)(H,23,27)/t20-/m1/s1. The number of benzene rings is 2. The molecule has 1 atom stereocenters. The van der Waals surface area contributed by atoms with Crippen LogP contribution in [-0.2, 0) is 9.59 Å². The first-order valence-electron chi connectivity index (χ1n) is 9.45. The van der Waals surface area contributed by atoms with Crippen LogP contribution in [0.15, 0.2) is 48.5 Å². The molecule has 1 saturated carbocycles. The van der Waals surface area contributed by atoms with Crippen molar-refractivity contribution in [1.29, 1.82) is 0 Å². The van der Waals surface area contributed by atoms with Gasteiger partial charge in [0.2, 0.25) is 11.8 Å². The Morgan fingerprint density at radius 2 is 1.90 bits per heavy atom. The Kier molecular flexibility index (Phi) is 6.23. The van der Waals surface area contributed by atoms with Gasteiger partial charge in [-0.2, -0.15) is 0 Å². The van der Waals surface area contributed by atoms with Crippen molar-refractivity contribution in [1.82, 2.24) is 10.2 Å². The summed E-state index contributed by atoms with van der Waals surface area (Å²) in [4.78, 5) is 37.8. The summed E-state index contributed by atoms with van der Waals surface area (Å²) in [7, 11) is 1.69. The van der Waals surface area contributed by atoms with Crippen molar-refractivity contribution < 1.29 is 14.5 Å². The molecule has 0 bridgehead atoms. The lowest BCUT2D eigenvalue weighted by molar-refractivity contribution is -0.384. The maximum Gasteiger partial charge on any atom is 0.293 e. The minimum absolute atomic E-state index is 0.0411. The molecule has 1 fully saturated rings. The second-order valence-corrected chi connectivity index (χ2v) is 7.34. The highest BCUT2D eigenvalue weighted by atomic mass is 16.6. The summed E-state index contributed by atoms with van der Waals surface area (Å²) in [5, 5.41) is 17.0. The molecular formula is C21H24N4O4. The molecule has 8 nitrogen and oxygen atoms in total. The fourth-order valence-electron chi connectivity index (χ4n) is 3.16. The van der Waals surface area contributed by atoms with Crippen LogP contribution in [0.4, 0.5) is 11.4 Å². The number of hydrogen-bond acceptors (Lipinski definition) is 5. The van der Waals surface area contributed by atoms with Gasteiger partial charge in [-0.3, -0.25) is 24.6 Å². The molecule has 0 saturated heterocycles. The Morgan fingerprint density at radius 1 is 1.21 bits per heavy atom. The number of anilines is 1. The SMILES string of the molecule is Cc1ccc(NC(=O)[C@@H](c2ccccc2)N(C)CC(=O)NC2CC2)c([N+](=O)[O-])c1. The second-order valence-electron chi connectivity index (χ2n) is 7.34. The monoisotopic (exact) mass is 396 g/mol. The molecule has 8 heteroatoms. The number of nitro benzene ring substituents is 1. The van der Waals surface area contributed by atoms with Crippen LogP contribution in [0.5, 0.6) is 0 Å². The van der Waals surface area contributed by atoms with Crippen LogP contribution in [-0.4, -0.2) is 41.3 Å². The summed E-state index contributed by atoms with van der Waals surface area (Å²) in [6.07, 6.45) is 1.96. The van der Waals surface area contributed by atoms with Crippen LogP contribution >= 0.6 is 0 Å². The Labute approximate surface area is 169 Å². The Bertz CT molecular complexity index is 912. The zero-order chi connectivity index (χ0) is 21.0. The molecule has 2 aromatic carbocycles. The molecule has 0 spiro atoms. The number of nitro groups is 1. The van der Waals surface area contributed by atoms with E-state index in [9.17, 15) is 19.7 Å². The third kappa shape index (κ3) is 5.39. The van der Waals surface area contributed by atoms with Crippen LogP contribution < -0.4 is 10.6 Å². The van der Waals surface area contributed by atoms with Gasteiger partial charge in [-0.25, -0.2) is 0 Å². The van der Waals surface area contributed by atoms with Crippen LogP contribution in [0.3, 0.4) is 0 Å². The van der Waals surface area contributed by atoms with E-state index in [1.54, 1.807) is 37.1 Å². The lowest BCUT2D eigenvalue weighted by atomic mass is 10.0. The van der Waals surface area contributed by atoms with E-state index in [4.69, 9.17) is 0 Å². The minimum Gasteiger partial charge on any atom is -0.352 e. The maximum atomic E-state index is 13.1. The Hall–Kier alpha value is -3.26. The molecule has 1 aliphatic rings. The molecule has 2 aromatic rings. The average molecular weight is 396 g/mol. The number of nitrogens with zero attached hydrogens (tertiary/aromatic N) is 2. The third-order valence-electron chi connectivity index (χ3n) is 4.75. The van der Waals surface area contributed by atoms with E-state index in [2.05, 4.69) is 10.6 Å². The smallest absolute Gasteiger partial charge is 0.293 e. The summed E-state index contributed by atoms with van der Waals surface area (Å²) in [5.74, 6) is -0.588. The first kappa shape index (κ1) is 20.5. The van der Waals surface area contributed by atoms with Gasteiger partial charge in [0.05, 0.1) is 11.5 Å². The van der Waals surface area contributed by atoms with Crippen molar-refractivity contribution in [2.24, 2.45) is 0 Å². The van der Waals surface area contributed by atoms with E-state index >= 15 is 0 Å². The highest BCUT2D eigenvalue weighted by Gasteiger charge is 2.30. The van der Waals surface area contributed by atoms with Crippen molar-refractivity contribution in [3.05, 3.63) is 69.8 Å². The maximum absolute atomic E-state index is 13.1. The molecule has 2 N–H and O–H groups in total. The van der Waals surface area contributed by atoms with Crippen LogP contribution in [0.1, 0.15) is 30.0 Å². The van der Waals surface area contributed by atoms with E-state index in [0.717, 1.165) is 18.4 Å². The van der Waals surface area contributed by atoms with Gasteiger partial charge in [0.15, 0.2) is 0 Å². The number of hydrogen-bond donors (Lipinski definition) is 2. The molecule has 0 radical (unpaired) electrons. The topological polar surface area (TPSA) is 105 Å². The fourth-order valence-corrected chi connectivity index (χ4v) is 3.16. The van der Waals surface area contributed by atoms with E-state index in [0.29, 0.717) is 5.56 Å². The van der Waals surface area contributed by atoms with Gasteiger partial charge in [-0.05, 0) is 44.0 Å². The van der Waals surface area contributed by atoms with E-state index < -0.39 is 16.9 Å². The summed E-state index contributed by atoms with van der Waals surface area (Å²) < 4.78 is 0. The largest absolute Gasteiger partial charge is 0.352 e. The highest BCUT2D eigenvalue weighted by Crippen LogP contribution is 2.28. The number of carbonyl (C=O) groups is 2. The quantitative estimate of drug-likeness (QED) is 0.527. The fraction of sp³-hybridized carbons (Fsp3) is 0.333. The number of nitrogens with one attached hydrogen (secondary N) is 2. The minimum atomic E-state index is -0.776. The first-order chi connectivity index (χ1) is 13.8. The van der Waals surface area contributed by atoms with Gasteiger partial charge in [-0.1, -0.05) is 36.4 Å². The summed E-state index contributed by atoms with van der Waals surface area (Å²) >= 11 is 0. The normalized spacial score (nSPS) is 14.3. The molecule has 0 aliphatic heterocycles. The average Bonchev–Trinajstić information content (AvgIpc) is 3.47. The molecule has 29 heavy (non-hydrogen) atoms. The molecule has 0 unspecified atom stereocenters. The van der Waals surface area contributed by atoms with Gasteiger partial charge in [0, 0.05) is 12.1 Å². The predicted molar refractivity (Wildman–Crippen MR) is 109 cm³/mol. The van der Waals surface area contributed by atoms with E-state index in [1.165, 1.54) is 12.1 Å². The second kappa shape index (κ2) is 8.83. The Balaban J connectivity index is 1.83. The number of carbonyl (C=O) groups excluding carboxylic acids is 2. The van der Waals surface area contributed by atoms with E-state index in [-0.39, 0.29) is 29.9 Å². The van der Waals surface area contributed by atoms with Crippen molar-refractivity contribution in [2.45, 2.75) is 31.8 Å².